The summed E-state index contributed by atoms with van der Waals surface area (Å²) in [4.78, 5) is 0. The molecule has 0 aliphatic heterocycles. The molecule has 100 valence electrons. The van der Waals surface area contributed by atoms with Crippen molar-refractivity contribution >= 4 is 5.84 Å². The predicted octanol–water partition coefficient (Wildman–Crippen LogP) is 2.22. The largest absolute Gasteiger partial charge is 0.468 e. The zero-order valence-corrected chi connectivity index (χ0v) is 10.7. The third kappa shape index (κ3) is 3.14. The van der Waals surface area contributed by atoms with Crippen LogP contribution in [0.15, 0.2) is 52.2 Å². The molecule has 4 N–H and O–H groups in total. The quantitative estimate of drug-likeness (QED) is 0.333. The number of hydrogen-bond donors (Lipinski definition) is 3. The summed E-state index contributed by atoms with van der Waals surface area (Å²) in [6, 6.07) is 11.4. The highest BCUT2D eigenvalue weighted by Crippen LogP contribution is 2.14. The number of amidine groups is 1. The molecule has 2 aromatic rings. The summed E-state index contributed by atoms with van der Waals surface area (Å²) in [7, 11) is 0. The van der Waals surface area contributed by atoms with Gasteiger partial charge in [-0.25, -0.2) is 0 Å². The smallest absolute Gasteiger partial charge is 0.170 e. The van der Waals surface area contributed by atoms with E-state index in [4.69, 9.17) is 15.4 Å². The topological polar surface area (TPSA) is 83.8 Å². The van der Waals surface area contributed by atoms with Gasteiger partial charge in [0.25, 0.3) is 0 Å². The lowest BCUT2D eigenvalue weighted by atomic mass is 10.1. The maximum absolute atomic E-state index is 8.77. The van der Waals surface area contributed by atoms with Crippen LogP contribution in [0.25, 0.3) is 0 Å². The van der Waals surface area contributed by atoms with Gasteiger partial charge in [-0.15, -0.1) is 0 Å². The second-order valence-corrected chi connectivity index (χ2v) is 4.26. The lowest BCUT2D eigenvalue weighted by molar-refractivity contribution is 0.318. The van der Waals surface area contributed by atoms with Gasteiger partial charge in [0.15, 0.2) is 5.84 Å². The van der Waals surface area contributed by atoms with Gasteiger partial charge in [0.05, 0.1) is 12.3 Å². The number of rotatable bonds is 5. The molecule has 5 heteroatoms. The average molecular weight is 259 g/mol. The number of oxime groups is 1. The van der Waals surface area contributed by atoms with Crippen molar-refractivity contribution in [2.45, 2.75) is 19.5 Å². The van der Waals surface area contributed by atoms with E-state index >= 15 is 0 Å². The van der Waals surface area contributed by atoms with Crippen molar-refractivity contribution in [2.24, 2.45) is 10.9 Å². The van der Waals surface area contributed by atoms with Crippen molar-refractivity contribution in [3.05, 3.63) is 59.5 Å². The normalized spacial score (nSPS) is 13.4. The molecular weight excluding hydrogens is 242 g/mol. The summed E-state index contributed by atoms with van der Waals surface area (Å²) < 4.78 is 5.33. The van der Waals surface area contributed by atoms with Crippen molar-refractivity contribution in [3.8, 4) is 0 Å². The summed E-state index contributed by atoms with van der Waals surface area (Å²) >= 11 is 0. The molecule has 1 aromatic heterocycles. The van der Waals surface area contributed by atoms with E-state index in [-0.39, 0.29) is 11.9 Å². The van der Waals surface area contributed by atoms with Gasteiger partial charge in [-0.2, -0.15) is 0 Å². The molecule has 0 saturated carbocycles. The predicted molar refractivity (Wildman–Crippen MR) is 72.9 cm³/mol. The van der Waals surface area contributed by atoms with Crippen LogP contribution in [0.5, 0.6) is 0 Å². The lowest BCUT2D eigenvalue weighted by Crippen LogP contribution is -2.21. The first-order valence-corrected chi connectivity index (χ1v) is 6.05. The van der Waals surface area contributed by atoms with Gasteiger partial charge in [0, 0.05) is 12.1 Å². The van der Waals surface area contributed by atoms with Crippen LogP contribution in [-0.4, -0.2) is 11.0 Å². The average Bonchev–Trinajstić information content (AvgIpc) is 2.98. The molecule has 2 rings (SSSR count). The number of nitrogens with one attached hydrogen (secondary N) is 1. The van der Waals surface area contributed by atoms with Gasteiger partial charge in [-0.1, -0.05) is 29.4 Å². The molecule has 5 nitrogen and oxygen atoms in total. The van der Waals surface area contributed by atoms with E-state index < -0.39 is 0 Å². The molecule has 0 aliphatic carbocycles. The maximum Gasteiger partial charge on any atom is 0.170 e. The lowest BCUT2D eigenvalue weighted by Gasteiger charge is -2.13. The van der Waals surface area contributed by atoms with Crippen LogP contribution < -0.4 is 11.1 Å². The Morgan fingerprint density at radius 3 is 2.84 bits per heavy atom. The fraction of sp³-hybridized carbons (Fsp3) is 0.214. The Hall–Kier alpha value is -2.27. The summed E-state index contributed by atoms with van der Waals surface area (Å²) in [5.41, 5.74) is 7.34. The van der Waals surface area contributed by atoms with Crippen LogP contribution in [0.1, 0.15) is 29.9 Å². The molecule has 1 atom stereocenters. The van der Waals surface area contributed by atoms with Gasteiger partial charge in [0.2, 0.25) is 0 Å². The molecule has 1 aromatic carbocycles. The van der Waals surface area contributed by atoms with Crippen molar-refractivity contribution < 1.29 is 9.62 Å². The Morgan fingerprint density at radius 1 is 1.37 bits per heavy atom. The minimum atomic E-state index is 0.0929. The van der Waals surface area contributed by atoms with Crippen LogP contribution in [0.2, 0.25) is 0 Å². The van der Waals surface area contributed by atoms with E-state index in [1.54, 1.807) is 6.26 Å². The van der Waals surface area contributed by atoms with Crippen LogP contribution >= 0.6 is 0 Å². The van der Waals surface area contributed by atoms with Crippen molar-refractivity contribution in [1.29, 1.82) is 0 Å². The highest BCUT2D eigenvalue weighted by molar-refractivity contribution is 5.98. The molecule has 19 heavy (non-hydrogen) atoms. The molecule has 0 bridgehead atoms. The van der Waals surface area contributed by atoms with E-state index in [0.29, 0.717) is 6.54 Å². The third-order valence-electron chi connectivity index (χ3n) is 2.97. The Morgan fingerprint density at radius 2 is 2.16 bits per heavy atom. The number of benzene rings is 1. The van der Waals surface area contributed by atoms with Gasteiger partial charge < -0.3 is 20.7 Å². The Labute approximate surface area is 111 Å². The highest BCUT2D eigenvalue weighted by atomic mass is 16.4. The number of hydrogen-bond acceptors (Lipinski definition) is 4. The fourth-order valence-electron chi connectivity index (χ4n) is 1.88. The Balaban J connectivity index is 2.08. The summed E-state index contributed by atoms with van der Waals surface area (Å²) in [6.07, 6.45) is 1.65. The molecule has 0 amide bonds. The summed E-state index contributed by atoms with van der Waals surface area (Å²) in [5, 5.41) is 15.1. The van der Waals surface area contributed by atoms with Crippen molar-refractivity contribution in [2.75, 3.05) is 0 Å². The van der Waals surface area contributed by atoms with Crippen molar-refractivity contribution in [1.82, 2.24) is 5.32 Å². The second kappa shape index (κ2) is 6.06. The first-order valence-electron chi connectivity index (χ1n) is 6.05. The maximum atomic E-state index is 8.77. The Bertz CT molecular complexity index is 550. The van der Waals surface area contributed by atoms with Crippen LogP contribution in [-0.2, 0) is 6.54 Å². The zero-order chi connectivity index (χ0) is 13.7. The van der Waals surface area contributed by atoms with E-state index in [1.807, 2.05) is 43.3 Å². The molecule has 0 aliphatic rings. The molecule has 0 fully saturated rings. The SMILES string of the molecule is C[C@@H](NCc1ccccc1/C(N)=N/O)c1ccco1. The summed E-state index contributed by atoms with van der Waals surface area (Å²) in [6.45, 7) is 2.62. The Kier molecular flexibility index (Phi) is 4.20. The molecular formula is C14H17N3O2. The second-order valence-electron chi connectivity index (χ2n) is 4.26. The van der Waals surface area contributed by atoms with E-state index in [1.165, 1.54) is 0 Å². The minimum absolute atomic E-state index is 0.0929. The van der Waals surface area contributed by atoms with Gasteiger partial charge in [-0.3, -0.25) is 0 Å². The van der Waals surface area contributed by atoms with Gasteiger partial charge in [-0.05, 0) is 24.6 Å². The van der Waals surface area contributed by atoms with Crippen LogP contribution in [0, 0.1) is 0 Å². The summed E-state index contributed by atoms with van der Waals surface area (Å²) in [5.74, 6) is 0.990. The first-order chi connectivity index (χ1) is 9.22. The van der Waals surface area contributed by atoms with Crippen molar-refractivity contribution in [3.63, 3.8) is 0 Å². The molecule has 0 unspecified atom stereocenters. The number of nitrogens with two attached hydrogens (primary N) is 1. The van der Waals surface area contributed by atoms with Gasteiger partial charge in [0.1, 0.15) is 5.76 Å². The third-order valence-corrected chi connectivity index (χ3v) is 2.97. The molecule has 0 saturated heterocycles. The van der Waals surface area contributed by atoms with E-state index in [2.05, 4.69) is 10.5 Å². The molecule has 0 spiro atoms. The number of furan rings is 1. The monoisotopic (exact) mass is 259 g/mol. The molecule has 0 radical (unpaired) electrons. The first kappa shape index (κ1) is 13.2. The van der Waals surface area contributed by atoms with E-state index in [0.717, 1.165) is 16.9 Å². The highest BCUT2D eigenvalue weighted by Gasteiger charge is 2.10. The van der Waals surface area contributed by atoms with Crippen LogP contribution in [0.4, 0.5) is 0 Å². The standard InChI is InChI=1S/C14H17N3O2/c1-10(13-7-4-8-19-13)16-9-11-5-2-3-6-12(11)14(15)17-18/h2-8,10,16,18H,9H2,1H3,(H2,15,17)/t10-/m1/s1. The van der Waals surface area contributed by atoms with E-state index in [9.17, 15) is 0 Å². The van der Waals surface area contributed by atoms with Crippen LogP contribution in [0.3, 0.4) is 0 Å². The zero-order valence-electron chi connectivity index (χ0n) is 10.7. The molecule has 1 heterocycles. The minimum Gasteiger partial charge on any atom is -0.468 e. The fourth-order valence-corrected chi connectivity index (χ4v) is 1.88. The number of nitrogens with zero attached hydrogens (tertiary/aromatic N) is 1. The van der Waals surface area contributed by atoms with Gasteiger partial charge >= 0.3 is 0 Å².